The molecule has 3 aromatic carbocycles. The maximum Gasteiger partial charge on any atom is 0.119 e. The number of thioether (sulfide) groups is 1. The Balaban J connectivity index is 1.55. The summed E-state index contributed by atoms with van der Waals surface area (Å²) in [6.07, 6.45) is 0.862. The van der Waals surface area contributed by atoms with Crippen molar-refractivity contribution in [2.75, 3.05) is 12.4 Å². The Morgan fingerprint density at radius 2 is 1.59 bits per heavy atom. The molecule has 0 atom stereocenters. The van der Waals surface area contributed by atoms with Crippen molar-refractivity contribution in [1.82, 2.24) is 4.98 Å². The molecule has 158 valence electrons. The molecule has 0 bridgehead atoms. The van der Waals surface area contributed by atoms with Gasteiger partial charge in [-0.1, -0.05) is 72.8 Å². The van der Waals surface area contributed by atoms with Crippen molar-refractivity contribution in [3.63, 3.8) is 0 Å². The van der Waals surface area contributed by atoms with Crippen LogP contribution in [0.2, 0.25) is 0 Å². The van der Waals surface area contributed by atoms with Crippen LogP contribution >= 0.6 is 11.8 Å². The van der Waals surface area contributed by atoms with Crippen LogP contribution in [0.4, 0.5) is 0 Å². The minimum Gasteiger partial charge on any atom is -0.494 e. The zero-order valence-electron chi connectivity index (χ0n) is 18.0. The molecule has 0 saturated carbocycles. The van der Waals surface area contributed by atoms with Crippen molar-refractivity contribution in [2.24, 2.45) is 0 Å². The van der Waals surface area contributed by atoms with Crippen LogP contribution in [0.25, 0.3) is 22.4 Å². The number of aryl methyl sites for hydroxylation is 1. The summed E-state index contributed by atoms with van der Waals surface area (Å²) < 4.78 is 5.87. The minimum absolute atomic E-state index is 0.625. The van der Waals surface area contributed by atoms with Gasteiger partial charge in [0.1, 0.15) is 16.8 Å². The third-order valence-electron chi connectivity index (χ3n) is 5.04. The Morgan fingerprint density at radius 3 is 2.28 bits per heavy atom. The van der Waals surface area contributed by atoms with E-state index in [1.165, 1.54) is 5.56 Å². The van der Waals surface area contributed by atoms with Gasteiger partial charge in [0.05, 0.1) is 17.9 Å². The predicted octanol–water partition coefficient (Wildman–Crippen LogP) is 7.16. The zero-order valence-corrected chi connectivity index (χ0v) is 18.8. The van der Waals surface area contributed by atoms with Gasteiger partial charge in [0.25, 0.3) is 0 Å². The molecule has 0 spiro atoms. The molecule has 4 heteroatoms. The van der Waals surface area contributed by atoms with Gasteiger partial charge in [-0.3, -0.25) is 0 Å². The maximum absolute atomic E-state index is 9.97. The second-order valence-electron chi connectivity index (χ2n) is 7.45. The monoisotopic (exact) mass is 436 g/mol. The lowest BCUT2D eigenvalue weighted by Gasteiger charge is -2.13. The Labute approximate surface area is 193 Å². The van der Waals surface area contributed by atoms with Crippen molar-refractivity contribution in [3.05, 3.63) is 102 Å². The van der Waals surface area contributed by atoms with Crippen molar-refractivity contribution < 1.29 is 4.74 Å². The van der Waals surface area contributed by atoms with E-state index in [-0.39, 0.29) is 0 Å². The first-order valence-corrected chi connectivity index (χ1v) is 11.6. The Morgan fingerprint density at radius 1 is 0.875 bits per heavy atom. The molecule has 0 amide bonds. The molecule has 0 N–H and O–H groups in total. The molecule has 32 heavy (non-hydrogen) atoms. The summed E-state index contributed by atoms with van der Waals surface area (Å²) in [7, 11) is 0. The highest BCUT2D eigenvalue weighted by molar-refractivity contribution is 7.99. The topological polar surface area (TPSA) is 45.9 Å². The molecule has 4 rings (SSSR count). The van der Waals surface area contributed by atoms with E-state index in [2.05, 4.69) is 19.1 Å². The number of pyridine rings is 1. The second kappa shape index (κ2) is 10.7. The highest BCUT2D eigenvalue weighted by Gasteiger charge is 2.15. The average Bonchev–Trinajstić information content (AvgIpc) is 2.84. The quantitative estimate of drug-likeness (QED) is 0.217. The molecule has 4 aromatic rings. The first-order valence-electron chi connectivity index (χ1n) is 10.6. The van der Waals surface area contributed by atoms with Crippen LogP contribution < -0.4 is 4.74 Å². The van der Waals surface area contributed by atoms with E-state index in [4.69, 9.17) is 9.72 Å². The highest BCUT2D eigenvalue weighted by Crippen LogP contribution is 2.34. The summed E-state index contributed by atoms with van der Waals surface area (Å²) in [6.45, 7) is 2.68. The molecule has 1 heterocycles. The summed E-state index contributed by atoms with van der Waals surface area (Å²) in [5.41, 5.74) is 5.67. The lowest BCUT2D eigenvalue weighted by atomic mass is 9.99. The Hall–Kier alpha value is -3.55. The molecular formula is C28H24N2OS. The van der Waals surface area contributed by atoms with E-state index in [1.807, 2.05) is 84.9 Å². The number of aromatic nitrogens is 1. The van der Waals surface area contributed by atoms with Crippen molar-refractivity contribution in [3.8, 4) is 34.2 Å². The SMILES string of the molecule is Cc1cccc(OCCCSc2nc(-c3ccccc3)cc(-c3ccccc3)c2C#N)c1. The number of hydrogen-bond donors (Lipinski definition) is 0. The molecule has 0 aliphatic heterocycles. The molecule has 0 saturated heterocycles. The van der Waals surface area contributed by atoms with Gasteiger partial charge < -0.3 is 4.74 Å². The largest absolute Gasteiger partial charge is 0.494 e. The molecule has 1 aromatic heterocycles. The van der Waals surface area contributed by atoms with Crippen LogP contribution in [-0.4, -0.2) is 17.3 Å². The van der Waals surface area contributed by atoms with Gasteiger partial charge in [-0.25, -0.2) is 4.98 Å². The summed E-state index contributed by atoms with van der Waals surface area (Å²) in [5.74, 6) is 1.71. The lowest BCUT2D eigenvalue weighted by molar-refractivity contribution is 0.318. The molecule has 0 aliphatic carbocycles. The van der Waals surface area contributed by atoms with Crippen LogP contribution in [0.15, 0.2) is 96.0 Å². The van der Waals surface area contributed by atoms with Crippen LogP contribution in [0.5, 0.6) is 5.75 Å². The van der Waals surface area contributed by atoms with E-state index in [9.17, 15) is 5.26 Å². The zero-order chi connectivity index (χ0) is 22.2. The minimum atomic E-state index is 0.625. The predicted molar refractivity (Wildman–Crippen MR) is 132 cm³/mol. The molecule has 0 unspecified atom stereocenters. The fourth-order valence-electron chi connectivity index (χ4n) is 3.46. The molecular weight excluding hydrogens is 412 g/mol. The molecule has 0 fully saturated rings. The van der Waals surface area contributed by atoms with Gasteiger partial charge in [0, 0.05) is 16.9 Å². The van der Waals surface area contributed by atoms with Crippen LogP contribution in [0, 0.1) is 18.3 Å². The van der Waals surface area contributed by atoms with Gasteiger partial charge >= 0.3 is 0 Å². The normalized spacial score (nSPS) is 10.5. The van der Waals surface area contributed by atoms with E-state index in [0.29, 0.717) is 12.2 Å². The van der Waals surface area contributed by atoms with Crippen LogP contribution in [0.3, 0.4) is 0 Å². The van der Waals surface area contributed by atoms with E-state index >= 15 is 0 Å². The fraction of sp³-hybridized carbons (Fsp3) is 0.143. The summed E-state index contributed by atoms with van der Waals surface area (Å²) >= 11 is 1.61. The number of nitriles is 1. The number of nitrogens with zero attached hydrogens (tertiary/aromatic N) is 2. The number of hydrogen-bond acceptors (Lipinski definition) is 4. The van der Waals surface area contributed by atoms with Gasteiger partial charge in [0.2, 0.25) is 0 Å². The first-order chi connectivity index (χ1) is 15.7. The standard InChI is InChI=1S/C28H24N2OS/c1-21-10-8-15-24(18-21)31-16-9-17-32-28-26(20-29)25(22-11-4-2-5-12-22)19-27(30-28)23-13-6-3-7-14-23/h2-8,10-15,18-19H,9,16-17H2,1H3. The first kappa shape index (κ1) is 21.7. The Bertz CT molecular complexity index is 1220. The smallest absolute Gasteiger partial charge is 0.119 e. The van der Waals surface area contributed by atoms with Crippen LogP contribution in [-0.2, 0) is 0 Å². The summed E-state index contributed by atoms with van der Waals surface area (Å²) in [6, 6.07) is 32.7. The fourth-order valence-corrected chi connectivity index (χ4v) is 4.38. The Kier molecular flexibility index (Phi) is 7.22. The van der Waals surface area contributed by atoms with Crippen LogP contribution in [0.1, 0.15) is 17.5 Å². The van der Waals surface area contributed by atoms with E-state index in [1.54, 1.807) is 11.8 Å². The van der Waals surface area contributed by atoms with E-state index < -0.39 is 0 Å². The second-order valence-corrected chi connectivity index (χ2v) is 8.53. The van der Waals surface area contributed by atoms with Crippen molar-refractivity contribution >= 4 is 11.8 Å². The van der Waals surface area contributed by atoms with E-state index in [0.717, 1.165) is 45.3 Å². The van der Waals surface area contributed by atoms with Crippen molar-refractivity contribution in [2.45, 2.75) is 18.4 Å². The summed E-state index contributed by atoms with van der Waals surface area (Å²) in [5, 5.41) is 10.7. The molecule has 3 nitrogen and oxygen atoms in total. The third-order valence-corrected chi connectivity index (χ3v) is 6.10. The number of rotatable bonds is 8. The van der Waals surface area contributed by atoms with Gasteiger partial charge in [-0.05, 0) is 42.7 Å². The number of benzene rings is 3. The molecule has 0 radical (unpaired) electrons. The number of ether oxygens (including phenoxy) is 1. The lowest BCUT2D eigenvalue weighted by Crippen LogP contribution is -2.00. The van der Waals surface area contributed by atoms with Gasteiger partial charge in [0.15, 0.2) is 0 Å². The molecule has 0 aliphatic rings. The van der Waals surface area contributed by atoms with Gasteiger partial charge in [-0.15, -0.1) is 11.8 Å². The summed E-state index contributed by atoms with van der Waals surface area (Å²) in [4.78, 5) is 4.87. The van der Waals surface area contributed by atoms with Gasteiger partial charge in [-0.2, -0.15) is 5.26 Å². The average molecular weight is 437 g/mol. The third kappa shape index (κ3) is 5.38. The highest BCUT2D eigenvalue weighted by atomic mass is 32.2. The van der Waals surface area contributed by atoms with Crippen molar-refractivity contribution in [1.29, 1.82) is 5.26 Å². The maximum atomic E-state index is 9.97.